The Kier molecular flexibility index (Phi) is 1.35. The molecule has 1 aliphatic rings. The first kappa shape index (κ1) is 6.67. The Morgan fingerprint density at radius 2 is 2.36 bits per heavy atom. The average molecular weight is 153 g/mol. The van der Waals surface area contributed by atoms with Crippen molar-refractivity contribution in [3.63, 3.8) is 0 Å². The van der Waals surface area contributed by atoms with E-state index in [1.807, 2.05) is 0 Å². The number of fused-ring (bicyclic) bond motifs is 1. The molecule has 0 aliphatic heterocycles. The maximum Gasteiger partial charge on any atom is 0.292 e. The van der Waals surface area contributed by atoms with E-state index < -0.39 is 0 Å². The zero-order valence-corrected chi connectivity index (χ0v) is 6.21. The lowest BCUT2D eigenvalue weighted by atomic mass is 9.98. The van der Waals surface area contributed by atoms with Crippen LogP contribution in [0.2, 0.25) is 0 Å². The number of anilines is 1. The Morgan fingerprint density at radius 1 is 1.55 bits per heavy atom. The Balaban J connectivity index is 2.43. The zero-order chi connectivity index (χ0) is 7.84. The molecule has 1 heterocycles. The SMILES string of the molecule is Nc1nc2c(o1)CCCC2N. The summed E-state index contributed by atoms with van der Waals surface area (Å²) in [7, 11) is 0. The van der Waals surface area contributed by atoms with Crippen molar-refractivity contribution in [2.75, 3.05) is 5.73 Å². The third-order valence-corrected chi connectivity index (χ3v) is 2.01. The van der Waals surface area contributed by atoms with E-state index in [-0.39, 0.29) is 12.1 Å². The zero-order valence-electron chi connectivity index (χ0n) is 6.21. The molecule has 1 unspecified atom stereocenters. The van der Waals surface area contributed by atoms with Gasteiger partial charge in [-0.3, -0.25) is 0 Å². The first-order chi connectivity index (χ1) is 5.27. The smallest absolute Gasteiger partial charge is 0.292 e. The molecular weight excluding hydrogens is 142 g/mol. The lowest BCUT2D eigenvalue weighted by molar-refractivity contribution is 0.462. The molecule has 4 heteroatoms. The minimum absolute atomic E-state index is 0.0276. The van der Waals surface area contributed by atoms with E-state index in [0.29, 0.717) is 0 Å². The van der Waals surface area contributed by atoms with Crippen molar-refractivity contribution in [3.05, 3.63) is 11.5 Å². The Hall–Kier alpha value is -1.03. The molecule has 1 aromatic heterocycles. The number of rotatable bonds is 0. The van der Waals surface area contributed by atoms with Crippen molar-refractivity contribution < 1.29 is 4.42 Å². The average Bonchev–Trinajstić information content (AvgIpc) is 2.31. The molecule has 0 saturated carbocycles. The van der Waals surface area contributed by atoms with Gasteiger partial charge in [-0.1, -0.05) is 0 Å². The highest BCUT2D eigenvalue weighted by Gasteiger charge is 2.22. The van der Waals surface area contributed by atoms with Crippen molar-refractivity contribution in [2.24, 2.45) is 5.73 Å². The molecule has 2 rings (SSSR count). The van der Waals surface area contributed by atoms with Gasteiger partial charge in [0, 0.05) is 6.42 Å². The van der Waals surface area contributed by atoms with Crippen LogP contribution in [0.25, 0.3) is 0 Å². The first-order valence-electron chi connectivity index (χ1n) is 3.78. The number of hydrogen-bond donors (Lipinski definition) is 2. The minimum atomic E-state index is 0.0276. The molecule has 1 aromatic rings. The number of nitrogen functional groups attached to an aromatic ring is 1. The van der Waals surface area contributed by atoms with Gasteiger partial charge in [0.2, 0.25) is 0 Å². The van der Waals surface area contributed by atoms with Crippen LogP contribution in [0.1, 0.15) is 30.3 Å². The summed E-state index contributed by atoms with van der Waals surface area (Å²) in [5, 5.41) is 0. The highest BCUT2D eigenvalue weighted by Crippen LogP contribution is 2.28. The molecule has 1 aliphatic carbocycles. The van der Waals surface area contributed by atoms with E-state index in [9.17, 15) is 0 Å². The van der Waals surface area contributed by atoms with E-state index in [0.717, 1.165) is 30.7 Å². The van der Waals surface area contributed by atoms with Crippen LogP contribution in [0, 0.1) is 0 Å². The van der Waals surface area contributed by atoms with Gasteiger partial charge in [-0.2, -0.15) is 4.98 Å². The largest absolute Gasteiger partial charge is 0.429 e. The summed E-state index contributed by atoms with van der Waals surface area (Å²) < 4.78 is 5.16. The van der Waals surface area contributed by atoms with Gasteiger partial charge in [0.25, 0.3) is 6.01 Å². The fourth-order valence-corrected chi connectivity index (χ4v) is 1.47. The van der Waals surface area contributed by atoms with E-state index in [2.05, 4.69) is 4.98 Å². The van der Waals surface area contributed by atoms with E-state index in [1.54, 1.807) is 0 Å². The maximum absolute atomic E-state index is 5.78. The van der Waals surface area contributed by atoms with Crippen LogP contribution in [0.15, 0.2) is 4.42 Å². The van der Waals surface area contributed by atoms with Gasteiger partial charge in [-0.15, -0.1) is 0 Å². The fraction of sp³-hybridized carbons (Fsp3) is 0.571. The summed E-state index contributed by atoms with van der Waals surface area (Å²) in [6.45, 7) is 0. The number of aryl methyl sites for hydroxylation is 1. The second-order valence-corrected chi connectivity index (χ2v) is 2.86. The number of nitrogens with zero attached hydrogens (tertiary/aromatic N) is 1. The third-order valence-electron chi connectivity index (χ3n) is 2.01. The van der Waals surface area contributed by atoms with Crippen LogP contribution in [0.5, 0.6) is 0 Å². The summed E-state index contributed by atoms with van der Waals surface area (Å²) in [6.07, 6.45) is 2.98. The van der Waals surface area contributed by atoms with Gasteiger partial charge >= 0.3 is 0 Å². The van der Waals surface area contributed by atoms with Crippen LogP contribution in [-0.2, 0) is 6.42 Å². The molecular formula is C7H11N3O. The predicted molar refractivity (Wildman–Crippen MR) is 40.8 cm³/mol. The molecule has 0 amide bonds. The molecule has 0 radical (unpaired) electrons. The minimum Gasteiger partial charge on any atom is -0.429 e. The van der Waals surface area contributed by atoms with Gasteiger partial charge in [0.1, 0.15) is 11.5 Å². The van der Waals surface area contributed by atoms with Crippen LogP contribution in [0.3, 0.4) is 0 Å². The molecule has 4 N–H and O–H groups in total. The summed E-state index contributed by atoms with van der Waals surface area (Å²) in [4.78, 5) is 4.02. The van der Waals surface area contributed by atoms with Crippen molar-refractivity contribution in [1.29, 1.82) is 0 Å². The monoisotopic (exact) mass is 153 g/mol. The summed E-state index contributed by atoms with van der Waals surface area (Å²) in [5.41, 5.74) is 12.0. The van der Waals surface area contributed by atoms with Crippen molar-refractivity contribution in [2.45, 2.75) is 25.3 Å². The number of nitrogens with two attached hydrogens (primary N) is 2. The second-order valence-electron chi connectivity index (χ2n) is 2.86. The van der Waals surface area contributed by atoms with Crippen LogP contribution < -0.4 is 11.5 Å². The van der Waals surface area contributed by atoms with E-state index in [4.69, 9.17) is 15.9 Å². The summed E-state index contributed by atoms with van der Waals surface area (Å²) in [6, 6.07) is 0.271. The van der Waals surface area contributed by atoms with E-state index in [1.165, 1.54) is 0 Å². The van der Waals surface area contributed by atoms with Crippen LogP contribution in [-0.4, -0.2) is 4.98 Å². The lowest BCUT2D eigenvalue weighted by Gasteiger charge is -2.14. The maximum atomic E-state index is 5.78. The number of oxazole rings is 1. The van der Waals surface area contributed by atoms with Crippen LogP contribution >= 0.6 is 0 Å². The molecule has 0 bridgehead atoms. The first-order valence-corrected chi connectivity index (χ1v) is 3.78. The molecule has 0 aromatic carbocycles. The van der Waals surface area contributed by atoms with Crippen molar-refractivity contribution in [1.82, 2.24) is 4.98 Å². The molecule has 11 heavy (non-hydrogen) atoms. The van der Waals surface area contributed by atoms with E-state index >= 15 is 0 Å². The summed E-state index contributed by atoms with van der Waals surface area (Å²) in [5.74, 6) is 0.876. The second kappa shape index (κ2) is 2.23. The highest BCUT2D eigenvalue weighted by atomic mass is 16.4. The highest BCUT2D eigenvalue weighted by molar-refractivity contribution is 5.24. The van der Waals surface area contributed by atoms with Gasteiger partial charge in [0.15, 0.2) is 0 Å². The predicted octanol–water partition coefficient (Wildman–Crippen LogP) is 0.593. The van der Waals surface area contributed by atoms with Gasteiger partial charge in [0.05, 0.1) is 6.04 Å². The number of hydrogen-bond acceptors (Lipinski definition) is 4. The molecule has 4 nitrogen and oxygen atoms in total. The topological polar surface area (TPSA) is 78.1 Å². The van der Waals surface area contributed by atoms with Gasteiger partial charge in [-0.05, 0) is 12.8 Å². The van der Waals surface area contributed by atoms with Crippen molar-refractivity contribution in [3.8, 4) is 0 Å². The molecule has 0 spiro atoms. The fourth-order valence-electron chi connectivity index (χ4n) is 1.47. The standard InChI is InChI=1S/C7H11N3O/c8-4-2-1-3-5-6(4)10-7(9)11-5/h4H,1-3,8H2,(H2,9,10). The third kappa shape index (κ3) is 0.991. The quantitative estimate of drug-likeness (QED) is 0.571. The normalized spacial score (nSPS) is 23.2. The molecule has 0 saturated heterocycles. The van der Waals surface area contributed by atoms with Gasteiger partial charge < -0.3 is 15.9 Å². The number of aromatic nitrogens is 1. The Morgan fingerprint density at radius 3 is 3.09 bits per heavy atom. The summed E-state index contributed by atoms with van der Waals surface area (Å²) >= 11 is 0. The molecule has 60 valence electrons. The van der Waals surface area contributed by atoms with Crippen LogP contribution in [0.4, 0.5) is 6.01 Å². The Bertz CT molecular complexity index is 269. The lowest BCUT2D eigenvalue weighted by Crippen LogP contribution is -2.16. The van der Waals surface area contributed by atoms with Gasteiger partial charge in [-0.25, -0.2) is 0 Å². The molecule has 1 atom stereocenters. The van der Waals surface area contributed by atoms with Crippen molar-refractivity contribution >= 4 is 6.01 Å². The Labute approximate surface area is 64.6 Å². The molecule has 0 fully saturated rings.